The number of aromatic amines is 1. The predicted octanol–water partition coefficient (Wildman–Crippen LogP) is 5.68. The zero-order chi connectivity index (χ0) is 24.3. The summed E-state index contributed by atoms with van der Waals surface area (Å²) in [6, 6.07) is 4.03. The number of halogens is 5. The number of phenolic OH excluding ortho intramolecular Hbond substituents is 1. The van der Waals surface area contributed by atoms with Gasteiger partial charge in [0.1, 0.15) is 11.6 Å². The summed E-state index contributed by atoms with van der Waals surface area (Å²) in [6.45, 7) is 3.22. The van der Waals surface area contributed by atoms with Gasteiger partial charge in [0.2, 0.25) is 5.56 Å². The van der Waals surface area contributed by atoms with E-state index < -0.39 is 41.5 Å². The van der Waals surface area contributed by atoms with Crippen LogP contribution in [-0.2, 0) is 0 Å². The van der Waals surface area contributed by atoms with Gasteiger partial charge >= 0.3 is 6.18 Å². The maximum Gasteiger partial charge on any atom is 0.419 e. The minimum Gasteiger partial charge on any atom is -0.507 e. The maximum absolute atomic E-state index is 14.3. The summed E-state index contributed by atoms with van der Waals surface area (Å²) < 4.78 is 57.2. The number of aromatic nitrogens is 1. The number of aliphatic hydroxyl groups is 1. The predicted molar refractivity (Wildman–Crippen MR) is 117 cm³/mol. The van der Waals surface area contributed by atoms with Crippen LogP contribution in [0.2, 0.25) is 5.02 Å². The first kappa shape index (κ1) is 23.4. The maximum atomic E-state index is 14.3. The van der Waals surface area contributed by atoms with Gasteiger partial charge in [-0.3, -0.25) is 4.79 Å². The van der Waals surface area contributed by atoms with E-state index in [1.54, 1.807) is 13.8 Å². The van der Waals surface area contributed by atoms with Crippen molar-refractivity contribution in [1.82, 2.24) is 4.98 Å². The number of rotatable bonds is 3. The fraction of sp³-hybridized carbons (Fsp3) is 0.348. The summed E-state index contributed by atoms with van der Waals surface area (Å²) in [5.41, 5.74) is -3.18. The van der Waals surface area contributed by atoms with Crippen molar-refractivity contribution in [1.29, 1.82) is 0 Å². The number of hydrogen-bond donors (Lipinski definition) is 4. The molecule has 0 fully saturated rings. The SMILES string of the molecule is CC[C@H]1C[C@](O)(C(F)(F)F)[C@@H](Nc2cc(F)cc3[nH]c(=O)ccc23)c2cc(Cl)c(C)c(O)c21. The van der Waals surface area contributed by atoms with E-state index in [-0.39, 0.29) is 44.9 Å². The van der Waals surface area contributed by atoms with Gasteiger partial charge in [-0.2, -0.15) is 13.2 Å². The second kappa shape index (κ2) is 7.92. The van der Waals surface area contributed by atoms with Crippen LogP contribution < -0.4 is 10.9 Å². The topological polar surface area (TPSA) is 85.4 Å². The number of benzene rings is 2. The Bertz CT molecular complexity index is 1310. The molecule has 0 amide bonds. The van der Waals surface area contributed by atoms with E-state index >= 15 is 0 Å². The molecule has 1 aliphatic rings. The lowest BCUT2D eigenvalue weighted by molar-refractivity contribution is -0.272. The van der Waals surface area contributed by atoms with Crippen LogP contribution in [0, 0.1) is 12.7 Å². The van der Waals surface area contributed by atoms with Crippen LogP contribution >= 0.6 is 11.6 Å². The number of alkyl halides is 3. The smallest absolute Gasteiger partial charge is 0.419 e. The number of nitrogens with one attached hydrogen (secondary N) is 2. The summed E-state index contributed by atoms with van der Waals surface area (Å²) in [4.78, 5) is 14.1. The molecule has 0 bridgehead atoms. The van der Waals surface area contributed by atoms with Crippen molar-refractivity contribution >= 4 is 28.2 Å². The molecule has 1 heterocycles. The molecule has 10 heteroatoms. The normalized spacial score (nSPS) is 22.9. The molecule has 3 atom stereocenters. The van der Waals surface area contributed by atoms with Crippen LogP contribution in [0.25, 0.3) is 10.9 Å². The van der Waals surface area contributed by atoms with Crippen molar-refractivity contribution in [3.8, 4) is 5.75 Å². The van der Waals surface area contributed by atoms with Crippen molar-refractivity contribution in [2.75, 3.05) is 5.32 Å². The van der Waals surface area contributed by atoms with Crippen molar-refractivity contribution in [2.24, 2.45) is 0 Å². The lowest BCUT2D eigenvalue weighted by Crippen LogP contribution is -2.55. The monoisotopic (exact) mass is 484 g/mol. The van der Waals surface area contributed by atoms with E-state index in [9.17, 15) is 32.6 Å². The second-order valence-corrected chi connectivity index (χ2v) is 8.79. The molecule has 0 saturated carbocycles. The minimum absolute atomic E-state index is 0.0251. The highest BCUT2D eigenvalue weighted by Crippen LogP contribution is 2.56. The molecule has 0 aliphatic heterocycles. The van der Waals surface area contributed by atoms with Gasteiger partial charge in [0, 0.05) is 33.3 Å². The molecule has 4 N–H and O–H groups in total. The van der Waals surface area contributed by atoms with Crippen molar-refractivity contribution in [3.63, 3.8) is 0 Å². The number of phenols is 1. The lowest BCUT2D eigenvalue weighted by Gasteiger charge is -2.46. The first-order valence-electron chi connectivity index (χ1n) is 10.3. The molecule has 0 radical (unpaired) electrons. The zero-order valence-electron chi connectivity index (χ0n) is 17.6. The minimum atomic E-state index is -5.06. The van der Waals surface area contributed by atoms with Gasteiger partial charge in [0.15, 0.2) is 5.60 Å². The molecule has 4 rings (SSSR count). The number of pyridine rings is 1. The van der Waals surface area contributed by atoms with Gasteiger partial charge in [-0.15, -0.1) is 0 Å². The van der Waals surface area contributed by atoms with E-state index in [4.69, 9.17) is 11.6 Å². The quantitative estimate of drug-likeness (QED) is 0.360. The fourth-order valence-corrected chi connectivity index (χ4v) is 4.84. The number of hydrogen-bond acceptors (Lipinski definition) is 4. The molecular weight excluding hydrogens is 464 g/mol. The Labute approximate surface area is 191 Å². The molecule has 2 aromatic carbocycles. The third-order valence-corrected chi connectivity index (χ3v) is 6.80. The standard InChI is InChI=1S/C23H21ClF4N2O3/c1-3-11-9-22(33,23(26,27)28)21(14-8-15(24)10(2)20(32)19(11)14)30-17-7-12(25)6-16-13(17)4-5-18(31)29-16/h4-8,11,21,30,32-33H,3,9H2,1-2H3,(H,29,31)/t11-,21-,22+/m0/s1. The Balaban J connectivity index is 1.99. The molecule has 33 heavy (non-hydrogen) atoms. The Kier molecular flexibility index (Phi) is 5.61. The van der Waals surface area contributed by atoms with Gasteiger partial charge in [-0.1, -0.05) is 18.5 Å². The molecule has 0 saturated heterocycles. The molecular formula is C23H21ClF4N2O3. The molecule has 0 unspecified atom stereocenters. The van der Waals surface area contributed by atoms with Crippen molar-refractivity contribution in [2.45, 2.75) is 50.4 Å². The highest BCUT2D eigenvalue weighted by molar-refractivity contribution is 6.31. The summed E-state index contributed by atoms with van der Waals surface area (Å²) in [7, 11) is 0. The molecule has 1 aromatic heterocycles. The third kappa shape index (κ3) is 3.73. The Morgan fingerprint density at radius 1 is 1.27 bits per heavy atom. The largest absolute Gasteiger partial charge is 0.507 e. The lowest BCUT2D eigenvalue weighted by atomic mass is 9.68. The summed E-state index contributed by atoms with van der Waals surface area (Å²) >= 11 is 6.20. The van der Waals surface area contributed by atoms with Crippen LogP contribution in [-0.4, -0.2) is 27.0 Å². The highest BCUT2D eigenvalue weighted by Gasteiger charge is 2.62. The van der Waals surface area contributed by atoms with Crippen LogP contribution in [0.3, 0.4) is 0 Å². The van der Waals surface area contributed by atoms with E-state index in [1.165, 1.54) is 12.1 Å². The summed E-state index contributed by atoms with van der Waals surface area (Å²) in [5.74, 6) is -1.82. The first-order valence-corrected chi connectivity index (χ1v) is 10.6. The summed E-state index contributed by atoms with van der Waals surface area (Å²) in [6.07, 6.45) is -5.53. The molecule has 3 aromatic rings. The van der Waals surface area contributed by atoms with E-state index in [0.717, 1.165) is 18.2 Å². The van der Waals surface area contributed by atoms with Gasteiger partial charge < -0.3 is 20.5 Å². The highest BCUT2D eigenvalue weighted by atomic mass is 35.5. The van der Waals surface area contributed by atoms with Gasteiger partial charge in [0.25, 0.3) is 0 Å². The van der Waals surface area contributed by atoms with Crippen molar-refractivity contribution in [3.05, 3.63) is 68.2 Å². The number of H-pyrrole nitrogens is 1. The fourth-order valence-electron chi connectivity index (χ4n) is 4.63. The van der Waals surface area contributed by atoms with Crippen LogP contribution in [0.15, 0.2) is 35.1 Å². The number of aromatic hydroxyl groups is 1. The van der Waals surface area contributed by atoms with Gasteiger partial charge in [0.05, 0.1) is 11.6 Å². The molecule has 1 aliphatic carbocycles. The first-order chi connectivity index (χ1) is 15.4. The number of fused-ring (bicyclic) bond motifs is 2. The van der Waals surface area contributed by atoms with Crippen LogP contribution in [0.1, 0.15) is 48.4 Å². The van der Waals surface area contributed by atoms with Gasteiger partial charge in [-0.25, -0.2) is 4.39 Å². The van der Waals surface area contributed by atoms with E-state index in [0.29, 0.717) is 5.56 Å². The van der Waals surface area contributed by atoms with E-state index in [2.05, 4.69) is 10.3 Å². The third-order valence-electron chi connectivity index (χ3n) is 6.40. The van der Waals surface area contributed by atoms with E-state index in [1.807, 2.05) is 0 Å². The Hall–Kier alpha value is -2.78. The molecule has 5 nitrogen and oxygen atoms in total. The van der Waals surface area contributed by atoms with Crippen molar-refractivity contribution < 1.29 is 27.8 Å². The Morgan fingerprint density at radius 2 is 1.97 bits per heavy atom. The number of anilines is 1. The summed E-state index contributed by atoms with van der Waals surface area (Å²) in [5, 5.41) is 24.7. The molecule has 0 spiro atoms. The van der Waals surface area contributed by atoms with Crippen LogP contribution in [0.4, 0.5) is 23.2 Å². The molecule has 176 valence electrons. The Morgan fingerprint density at radius 3 is 2.61 bits per heavy atom. The van der Waals surface area contributed by atoms with Gasteiger partial charge in [-0.05, 0) is 55.5 Å². The van der Waals surface area contributed by atoms with Crippen LogP contribution in [0.5, 0.6) is 5.75 Å². The second-order valence-electron chi connectivity index (χ2n) is 8.38. The zero-order valence-corrected chi connectivity index (χ0v) is 18.4. The average molecular weight is 485 g/mol. The average Bonchev–Trinajstić information content (AvgIpc) is 2.72.